The zero-order valence-corrected chi connectivity index (χ0v) is 14.2. The summed E-state index contributed by atoms with van der Waals surface area (Å²) in [5.74, 6) is 1.29. The molecule has 0 unspecified atom stereocenters. The van der Waals surface area contributed by atoms with Gasteiger partial charge in [0.15, 0.2) is 0 Å². The summed E-state index contributed by atoms with van der Waals surface area (Å²) in [5.41, 5.74) is 2.71. The van der Waals surface area contributed by atoms with E-state index < -0.39 is 0 Å². The Labute approximate surface area is 133 Å². The van der Waals surface area contributed by atoms with Crippen molar-refractivity contribution in [3.63, 3.8) is 0 Å². The Morgan fingerprint density at radius 1 is 1.14 bits per heavy atom. The van der Waals surface area contributed by atoms with E-state index in [1.165, 1.54) is 5.56 Å². The van der Waals surface area contributed by atoms with E-state index in [1.54, 1.807) is 28.1 Å². The van der Waals surface area contributed by atoms with Gasteiger partial charge in [0.2, 0.25) is 0 Å². The van der Waals surface area contributed by atoms with Gasteiger partial charge >= 0.3 is 5.97 Å². The summed E-state index contributed by atoms with van der Waals surface area (Å²) in [6, 6.07) is 4.07. The minimum atomic E-state index is -0.289. The van der Waals surface area contributed by atoms with Gasteiger partial charge in [-0.2, -0.15) is 0 Å². The lowest BCUT2D eigenvalue weighted by Gasteiger charge is -2.14. The molecule has 0 saturated carbocycles. The molecular weight excluding hydrogens is 280 g/mol. The first-order valence-corrected chi connectivity index (χ1v) is 7.64. The predicted molar refractivity (Wildman–Crippen MR) is 87.6 cm³/mol. The number of carbonyl (C=O) groups excluding carboxylic acids is 1. The molecule has 0 aliphatic rings. The largest absolute Gasteiger partial charge is 0.496 e. The maximum absolute atomic E-state index is 11.7. The highest BCUT2D eigenvalue weighted by molar-refractivity contribution is 5.87. The zero-order valence-electron chi connectivity index (χ0n) is 14.2. The number of aryl methyl sites for hydroxylation is 1. The second-order valence-corrected chi connectivity index (χ2v) is 5.04. The van der Waals surface area contributed by atoms with Gasteiger partial charge in [-0.15, -0.1) is 0 Å². The quantitative estimate of drug-likeness (QED) is 0.542. The monoisotopic (exact) mass is 306 g/mol. The van der Waals surface area contributed by atoms with Crippen LogP contribution in [0.3, 0.4) is 0 Å². The van der Waals surface area contributed by atoms with Gasteiger partial charge < -0.3 is 14.2 Å². The number of methoxy groups -OCH3 is 2. The molecule has 4 nitrogen and oxygen atoms in total. The molecular formula is C18H26O4. The SMILES string of the molecule is CCCc1cc(OC)c(CC=C(C)C(=O)OCC)c(OC)c1. The van der Waals surface area contributed by atoms with Crippen LogP contribution in [-0.2, 0) is 22.4 Å². The van der Waals surface area contributed by atoms with Gasteiger partial charge in [-0.3, -0.25) is 0 Å². The molecule has 122 valence electrons. The second-order valence-electron chi connectivity index (χ2n) is 5.04. The van der Waals surface area contributed by atoms with Crippen LogP contribution >= 0.6 is 0 Å². The van der Waals surface area contributed by atoms with Crippen molar-refractivity contribution in [3.05, 3.63) is 34.9 Å². The summed E-state index contributed by atoms with van der Waals surface area (Å²) in [7, 11) is 3.30. The third kappa shape index (κ3) is 4.79. The summed E-state index contributed by atoms with van der Waals surface area (Å²) in [5, 5.41) is 0. The molecule has 0 N–H and O–H groups in total. The van der Waals surface area contributed by atoms with E-state index in [0.717, 1.165) is 29.9 Å². The van der Waals surface area contributed by atoms with E-state index in [9.17, 15) is 4.79 Å². The lowest BCUT2D eigenvalue weighted by Crippen LogP contribution is -2.06. The Balaban J connectivity index is 3.07. The summed E-state index contributed by atoms with van der Waals surface area (Å²) >= 11 is 0. The number of hydrogen-bond donors (Lipinski definition) is 0. The van der Waals surface area contributed by atoms with Gasteiger partial charge in [-0.1, -0.05) is 19.4 Å². The van der Waals surface area contributed by atoms with Gasteiger partial charge in [0.05, 0.1) is 20.8 Å². The fourth-order valence-corrected chi connectivity index (χ4v) is 2.26. The molecule has 0 saturated heterocycles. The van der Waals surface area contributed by atoms with Crippen molar-refractivity contribution in [1.29, 1.82) is 0 Å². The van der Waals surface area contributed by atoms with Gasteiger partial charge in [0.1, 0.15) is 11.5 Å². The van der Waals surface area contributed by atoms with Crippen molar-refractivity contribution in [3.8, 4) is 11.5 Å². The van der Waals surface area contributed by atoms with Crippen LogP contribution in [0.5, 0.6) is 11.5 Å². The van der Waals surface area contributed by atoms with Gasteiger partial charge in [-0.25, -0.2) is 4.79 Å². The normalized spacial score (nSPS) is 11.2. The molecule has 1 aromatic carbocycles. The van der Waals surface area contributed by atoms with Crippen LogP contribution in [-0.4, -0.2) is 26.8 Å². The Morgan fingerprint density at radius 2 is 1.73 bits per heavy atom. The molecule has 0 bridgehead atoms. The molecule has 0 heterocycles. The number of allylic oxidation sites excluding steroid dienone is 1. The maximum Gasteiger partial charge on any atom is 0.333 e. The second kappa shape index (κ2) is 9.13. The molecule has 1 rings (SSSR count). The topological polar surface area (TPSA) is 44.8 Å². The number of benzene rings is 1. The van der Waals surface area contributed by atoms with E-state index in [4.69, 9.17) is 14.2 Å². The third-order valence-corrected chi connectivity index (χ3v) is 3.42. The van der Waals surface area contributed by atoms with Gasteiger partial charge in [0, 0.05) is 11.1 Å². The smallest absolute Gasteiger partial charge is 0.333 e. The highest BCUT2D eigenvalue weighted by Gasteiger charge is 2.12. The van der Waals surface area contributed by atoms with E-state index >= 15 is 0 Å². The molecule has 0 spiro atoms. The minimum absolute atomic E-state index is 0.289. The lowest BCUT2D eigenvalue weighted by atomic mass is 10.0. The van der Waals surface area contributed by atoms with Crippen LogP contribution in [0.4, 0.5) is 0 Å². The highest BCUT2D eigenvalue weighted by Crippen LogP contribution is 2.32. The summed E-state index contributed by atoms with van der Waals surface area (Å²) < 4.78 is 16.0. The lowest BCUT2D eigenvalue weighted by molar-refractivity contribution is -0.138. The molecule has 0 amide bonds. The minimum Gasteiger partial charge on any atom is -0.496 e. The molecule has 0 atom stereocenters. The number of rotatable bonds is 8. The zero-order chi connectivity index (χ0) is 16.5. The Bertz CT molecular complexity index is 507. The number of ether oxygens (including phenoxy) is 3. The maximum atomic E-state index is 11.7. The molecule has 0 aliphatic heterocycles. The van der Waals surface area contributed by atoms with Crippen LogP contribution in [0, 0.1) is 0 Å². The Morgan fingerprint density at radius 3 is 2.18 bits per heavy atom. The highest BCUT2D eigenvalue weighted by atomic mass is 16.5. The first kappa shape index (κ1) is 18.1. The van der Waals surface area contributed by atoms with E-state index in [0.29, 0.717) is 18.6 Å². The van der Waals surface area contributed by atoms with Crippen molar-refractivity contribution >= 4 is 5.97 Å². The van der Waals surface area contributed by atoms with Crippen LogP contribution in [0.2, 0.25) is 0 Å². The van der Waals surface area contributed by atoms with E-state index in [-0.39, 0.29) is 5.97 Å². The van der Waals surface area contributed by atoms with Crippen LogP contribution in [0.1, 0.15) is 38.3 Å². The summed E-state index contributed by atoms with van der Waals surface area (Å²) in [6.45, 7) is 6.06. The van der Waals surface area contributed by atoms with Crippen LogP contribution in [0.25, 0.3) is 0 Å². The third-order valence-electron chi connectivity index (χ3n) is 3.42. The first-order valence-electron chi connectivity index (χ1n) is 7.64. The number of esters is 1. The van der Waals surface area contributed by atoms with Gasteiger partial charge in [0.25, 0.3) is 0 Å². The summed E-state index contributed by atoms with van der Waals surface area (Å²) in [4.78, 5) is 11.7. The molecule has 22 heavy (non-hydrogen) atoms. The average molecular weight is 306 g/mol. The molecule has 4 heteroatoms. The molecule has 0 aromatic heterocycles. The van der Waals surface area contributed by atoms with E-state index in [2.05, 4.69) is 6.92 Å². The summed E-state index contributed by atoms with van der Waals surface area (Å²) in [6.07, 6.45) is 4.44. The van der Waals surface area contributed by atoms with Crippen LogP contribution < -0.4 is 9.47 Å². The number of hydrogen-bond acceptors (Lipinski definition) is 4. The van der Waals surface area contributed by atoms with Crippen molar-refractivity contribution in [2.24, 2.45) is 0 Å². The molecule has 1 aromatic rings. The fraction of sp³-hybridized carbons (Fsp3) is 0.500. The number of carbonyl (C=O) groups is 1. The molecule has 0 fully saturated rings. The Hall–Kier alpha value is -1.97. The average Bonchev–Trinajstić information content (AvgIpc) is 2.52. The predicted octanol–water partition coefficient (Wildman–Crippen LogP) is 3.71. The van der Waals surface area contributed by atoms with E-state index in [1.807, 2.05) is 18.2 Å². The van der Waals surface area contributed by atoms with Gasteiger partial charge in [-0.05, 0) is 44.4 Å². The van der Waals surface area contributed by atoms with Crippen molar-refractivity contribution in [2.75, 3.05) is 20.8 Å². The Kier molecular flexibility index (Phi) is 7.50. The van der Waals surface area contributed by atoms with Crippen molar-refractivity contribution < 1.29 is 19.0 Å². The standard InChI is InChI=1S/C18H26O4/c1-6-8-14-11-16(20-4)15(17(12-14)21-5)10-9-13(3)18(19)22-7-2/h9,11-12H,6-8,10H2,1-5H3. The fourth-order valence-electron chi connectivity index (χ4n) is 2.26. The van der Waals surface area contributed by atoms with Crippen molar-refractivity contribution in [1.82, 2.24) is 0 Å². The van der Waals surface area contributed by atoms with Crippen LogP contribution in [0.15, 0.2) is 23.8 Å². The molecule has 0 radical (unpaired) electrons. The molecule has 0 aliphatic carbocycles. The van der Waals surface area contributed by atoms with Crippen molar-refractivity contribution in [2.45, 2.75) is 40.0 Å². The first-order chi connectivity index (χ1) is 10.6.